The summed E-state index contributed by atoms with van der Waals surface area (Å²) in [4.78, 5) is 16.2. The van der Waals surface area contributed by atoms with Crippen molar-refractivity contribution in [2.24, 2.45) is 0 Å². The van der Waals surface area contributed by atoms with Crippen LogP contribution in [0.1, 0.15) is 36.0 Å². The SMILES string of the molecule is Cc1nc(CCCC(=O)NCC(C)(O)c2ccsc2)cs1. The van der Waals surface area contributed by atoms with Crippen molar-refractivity contribution < 1.29 is 9.90 Å². The summed E-state index contributed by atoms with van der Waals surface area (Å²) >= 11 is 3.17. The van der Waals surface area contributed by atoms with Gasteiger partial charge in [-0.3, -0.25) is 4.79 Å². The smallest absolute Gasteiger partial charge is 0.220 e. The maximum atomic E-state index is 11.8. The van der Waals surface area contributed by atoms with Crippen LogP contribution >= 0.6 is 22.7 Å². The van der Waals surface area contributed by atoms with Crippen LogP contribution in [0.3, 0.4) is 0 Å². The molecule has 0 bridgehead atoms. The van der Waals surface area contributed by atoms with Crippen LogP contribution in [0.15, 0.2) is 22.2 Å². The van der Waals surface area contributed by atoms with Gasteiger partial charge in [0.15, 0.2) is 0 Å². The molecule has 0 aliphatic rings. The lowest BCUT2D eigenvalue weighted by Crippen LogP contribution is -2.38. The molecule has 0 aliphatic carbocycles. The van der Waals surface area contributed by atoms with E-state index in [0.717, 1.165) is 29.1 Å². The number of aliphatic hydroxyl groups is 1. The summed E-state index contributed by atoms with van der Waals surface area (Å²) in [5.41, 5.74) is 0.878. The van der Waals surface area contributed by atoms with E-state index in [4.69, 9.17) is 0 Å². The predicted molar refractivity (Wildman–Crippen MR) is 86.7 cm³/mol. The van der Waals surface area contributed by atoms with Gasteiger partial charge in [0.05, 0.1) is 17.2 Å². The predicted octanol–water partition coefficient (Wildman–Crippen LogP) is 2.86. The van der Waals surface area contributed by atoms with Crippen molar-refractivity contribution in [3.8, 4) is 0 Å². The number of rotatable bonds is 7. The maximum Gasteiger partial charge on any atom is 0.220 e. The average molecular weight is 324 g/mol. The Hall–Kier alpha value is -1.24. The summed E-state index contributed by atoms with van der Waals surface area (Å²) in [6.45, 7) is 3.93. The molecular formula is C15H20N2O2S2. The molecule has 1 amide bonds. The Morgan fingerprint density at radius 3 is 2.90 bits per heavy atom. The molecule has 0 radical (unpaired) electrons. The summed E-state index contributed by atoms with van der Waals surface area (Å²) < 4.78 is 0. The molecule has 0 saturated carbocycles. The van der Waals surface area contributed by atoms with Gasteiger partial charge in [-0.25, -0.2) is 4.98 Å². The molecule has 0 saturated heterocycles. The molecule has 2 heterocycles. The molecule has 2 N–H and O–H groups in total. The number of hydrogen-bond donors (Lipinski definition) is 2. The van der Waals surface area contributed by atoms with Gasteiger partial charge in [0.2, 0.25) is 5.91 Å². The molecule has 0 spiro atoms. The fourth-order valence-electron chi connectivity index (χ4n) is 1.99. The first kappa shape index (κ1) is 16.1. The second kappa shape index (κ2) is 7.15. The number of amides is 1. The number of nitrogens with zero attached hydrogens (tertiary/aromatic N) is 1. The zero-order valence-corrected chi connectivity index (χ0v) is 13.9. The van der Waals surface area contributed by atoms with Crippen molar-refractivity contribution in [1.82, 2.24) is 10.3 Å². The van der Waals surface area contributed by atoms with E-state index < -0.39 is 5.60 Å². The topological polar surface area (TPSA) is 62.2 Å². The molecule has 0 aromatic carbocycles. The van der Waals surface area contributed by atoms with E-state index in [2.05, 4.69) is 10.3 Å². The third kappa shape index (κ3) is 4.91. The van der Waals surface area contributed by atoms with Gasteiger partial charge >= 0.3 is 0 Å². The van der Waals surface area contributed by atoms with Gasteiger partial charge in [-0.05, 0) is 49.1 Å². The zero-order valence-electron chi connectivity index (χ0n) is 12.3. The van der Waals surface area contributed by atoms with Gasteiger partial charge in [0, 0.05) is 11.8 Å². The molecule has 0 aliphatic heterocycles. The van der Waals surface area contributed by atoms with Gasteiger partial charge < -0.3 is 10.4 Å². The van der Waals surface area contributed by atoms with Crippen LogP contribution in [-0.2, 0) is 16.8 Å². The average Bonchev–Trinajstić information content (AvgIpc) is 3.08. The van der Waals surface area contributed by atoms with Crippen LogP contribution in [0.2, 0.25) is 0 Å². The van der Waals surface area contributed by atoms with Crippen molar-refractivity contribution in [2.45, 2.75) is 38.7 Å². The van der Waals surface area contributed by atoms with Crippen LogP contribution in [0, 0.1) is 6.92 Å². The summed E-state index contributed by atoms with van der Waals surface area (Å²) in [6, 6.07) is 1.88. The minimum atomic E-state index is -1.01. The number of carbonyl (C=O) groups excluding carboxylic acids is 1. The molecule has 1 atom stereocenters. The zero-order chi connectivity index (χ0) is 15.3. The Morgan fingerprint density at radius 2 is 2.29 bits per heavy atom. The number of thiazole rings is 1. The molecule has 114 valence electrons. The first-order valence-electron chi connectivity index (χ1n) is 6.90. The summed E-state index contributed by atoms with van der Waals surface area (Å²) in [6.07, 6.45) is 2.05. The molecule has 2 aromatic rings. The monoisotopic (exact) mass is 324 g/mol. The van der Waals surface area contributed by atoms with E-state index in [-0.39, 0.29) is 12.5 Å². The Balaban J connectivity index is 1.70. The highest BCUT2D eigenvalue weighted by Crippen LogP contribution is 2.22. The van der Waals surface area contributed by atoms with E-state index in [9.17, 15) is 9.90 Å². The maximum absolute atomic E-state index is 11.8. The van der Waals surface area contributed by atoms with E-state index >= 15 is 0 Å². The summed E-state index contributed by atoms with van der Waals surface area (Å²) in [5.74, 6) is -0.0301. The molecule has 0 fully saturated rings. The molecule has 21 heavy (non-hydrogen) atoms. The van der Waals surface area contributed by atoms with Crippen LogP contribution in [-0.4, -0.2) is 22.5 Å². The van der Waals surface area contributed by atoms with Crippen LogP contribution < -0.4 is 5.32 Å². The van der Waals surface area contributed by atoms with Crippen molar-refractivity contribution in [1.29, 1.82) is 0 Å². The third-order valence-electron chi connectivity index (χ3n) is 3.28. The molecular weight excluding hydrogens is 304 g/mol. The molecule has 4 nitrogen and oxygen atoms in total. The number of hydrogen-bond acceptors (Lipinski definition) is 5. The molecule has 6 heteroatoms. The van der Waals surface area contributed by atoms with Crippen molar-refractivity contribution in [2.75, 3.05) is 6.54 Å². The van der Waals surface area contributed by atoms with E-state index in [1.165, 1.54) is 11.3 Å². The molecule has 1 unspecified atom stereocenters. The van der Waals surface area contributed by atoms with Gasteiger partial charge in [-0.1, -0.05) is 0 Å². The Bertz CT molecular complexity index is 576. The standard InChI is InChI=1S/C15H20N2O2S2/c1-11-17-13(9-21-11)4-3-5-14(18)16-10-15(2,19)12-6-7-20-8-12/h6-9,19H,3-5,10H2,1-2H3,(H,16,18). The molecule has 2 aromatic heterocycles. The highest BCUT2D eigenvalue weighted by molar-refractivity contribution is 7.09. The van der Waals surface area contributed by atoms with Crippen molar-refractivity contribution in [3.05, 3.63) is 38.5 Å². The Morgan fingerprint density at radius 1 is 1.48 bits per heavy atom. The lowest BCUT2D eigenvalue weighted by atomic mass is 9.99. The number of aryl methyl sites for hydroxylation is 2. The van der Waals surface area contributed by atoms with Crippen molar-refractivity contribution in [3.63, 3.8) is 0 Å². The summed E-state index contributed by atoms with van der Waals surface area (Å²) in [7, 11) is 0. The number of thiophene rings is 1. The van der Waals surface area contributed by atoms with Gasteiger partial charge in [0.25, 0.3) is 0 Å². The third-order valence-corrected chi connectivity index (χ3v) is 4.78. The fraction of sp³-hybridized carbons (Fsp3) is 0.467. The summed E-state index contributed by atoms with van der Waals surface area (Å²) in [5, 5.41) is 20.0. The van der Waals surface area contributed by atoms with Crippen LogP contribution in [0.25, 0.3) is 0 Å². The fourth-order valence-corrected chi connectivity index (χ4v) is 3.42. The number of nitrogens with one attached hydrogen (secondary N) is 1. The Kier molecular flexibility index (Phi) is 5.50. The van der Waals surface area contributed by atoms with E-state index in [0.29, 0.717) is 6.42 Å². The van der Waals surface area contributed by atoms with Crippen LogP contribution in [0.5, 0.6) is 0 Å². The van der Waals surface area contributed by atoms with Gasteiger partial charge in [-0.2, -0.15) is 11.3 Å². The first-order valence-corrected chi connectivity index (χ1v) is 8.72. The number of aromatic nitrogens is 1. The first-order chi connectivity index (χ1) is 9.97. The van der Waals surface area contributed by atoms with Gasteiger partial charge in [0.1, 0.15) is 5.60 Å². The van der Waals surface area contributed by atoms with Crippen LogP contribution in [0.4, 0.5) is 0 Å². The minimum absolute atomic E-state index is 0.0301. The largest absolute Gasteiger partial charge is 0.384 e. The molecule has 2 rings (SSSR count). The normalized spacial score (nSPS) is 13.9. The van der Waals surface area contributed by atoms with Gasteiger partial charge in [-0.15, -0.1) is 11.3 Å². The quantitative estimate of drug-likeness (QED) is 0.823. The lowest BCUT2D eigenvalue weighted by molar-refractivity contribution is -0.122. The highest BCUT2D eigenvalue weighted by Gasteiger charge is 2.23. The number of carbonyl (C=O) groups is 1. The lowest BCUT2D eigenvalue weighted by Gasteiger charge is -2.22. The minimum Gasteiger partial charge on any atom is -0.384 e. The second-order valence-electron chi connectivity index (χ2n) is 5.27. The highest BCUT2D eigenvalue weighted by atomic mass is 32.1. The Labute approximate surface area is 132 Å². The van der Waals surface area contributed by atoms with E-state index in [1.54, 1.807) is 18.3 Å². The van der Waals surface area contributed by atoms with Crippen molar-refractivity contribution >= 4 is 28.6 Å². The second-order valence-corrected chi connectivity index (χ2v) is 7.12. The van der Waals surface area contributed by atoms with E-state index in [1.807, 2.05) is 29.1 Å².